The monoisotopic (exact) mass is 292 g/mol. The zero-order valence-corrected chi connectivity index (χ0v) is 11.4. The van der Waals surface area contributed by atoms with Crippen LogP contribution in [0, 0.1) is 0 Å². The van der Waals surface area contributed by atoms with Gasteiger partial charge < -0.3 is 20.9 Å². The van der Waals surface area contributed by atoms with Crippen molar-refractivity contribution < 1.29 is 9.84 Å². The molecule has 0 aromatic carbocycles. The number of nitrogens with zero attached hydrogens (tertiary/aromatic N) is 3. The smallest absolute Gasteiger partial charge is 0.280 e. The van der Waals surface area contributed by atoms with Crippen LogP contribution in [0.1, 0.15) is 19.6 Å². The number of anilines is 1. The number of nitrogens with two attached hydrogens (primary N) is 1. The van der Waals surface area contributed by atoms with Gasteiger partial charge in [-0.3, -0.25) is 14.3 Å². The van der Waals surface area contributed by atoms with Crippen molar-refractivity contribution in [2.45, 2.75) is 37.3 Å². The second kappa shape index (κ2) is 4.03. The van der Waals surface area contributed by atoms with Crippen molar-refractivity contribution in [1.82, 2.24) is 24.8 Å². The Balaban J connectivity index is 1.84. The number of nitrogens with one attached hydrogen (secondary N) is 2. The molecule has 9 nitrogen and oxygen atoms in total. The highest BCUT2D eigenvalue weighted by Gasteiger charge is 2.59. The Morgan fingerprint density at radius 1 is 1.67 bits per heavy atom. The molecule has 2 saturated heterocycles. The molecule has 2 bridgehead atoms. The fraction of sp³-hybridized carbons (Fsp3) is 0.583. The van der Waals surface area contributed by atoms with Crippen LogP contribution in [0.2, 0.25) is 0 Å². The lowest BCUT2D eigenvalue weighted by Gasteiger charge is -2.30. The van der Waals surface area contributed by atoms with Crippen molar-refractivity contribution in [3.05, 3.63) is 16.7 Å². The van der Waals surface area contributed by atoms with Crippen LogP contribution in [-0.4, -0.2) is 48.9 Å². The molecular weight excluding hydrogens is 276 g/mol. The summed E-state index contributed by atoms with van der Waals surface area (Å²) < 4.78 is 7.71. The van der Waals surface area contributed by atoms with Crippen molar-refractivity contribution in [2.24, 2.45) is 0 Å². The van der Waals surface area contributed by atoms with Crippen LogP contribution in [0.5, 0.6) is 0 Å². The summed E-state index contributed by atoms with van der Waals surface area (Å²) >= 11 is 0. The summed E-state index contributed by atoms with van der Waals surface area (Å²) in [5.41, 5.74) is 5.16. The molecule has 112 valence electrons. The van der Waals surface area contributed by atoms with Gasteiger partial charge in [0.15, 0.2) is 17.4 Å². The molecule has 2 aliphatic rings. The van der Waals surface area contributed by atoms with Crippen LogP contribution >= 0.6 is 0 Å². The highest BCUT2D eigenvalue weighted by molar-refractivity contribution is 5.70. The molecule has 21 heavy (non-hydrogen) atoms. The first-order valence-corrected chi connectivity index (χ1v) is 6.87. The summed E-state index contributed by atoms with van der Waals surface area (Å²) in [5.74, 6) is 0.0242. The molecule has 2 aromatic rings. The zero-order chi connectivity index (χ0) is 14.8. The Hall–Kier alpha value is -1.97. The van der Waals surface area contributed by atoms with E-state index in [1.807, 2.05) is 6.92 Å². The third kappa shape index (κ3) is 1.53. The van der Waals surface area contributed by atoms with Gasteiger partial charge in [0.25, 0.3) is 5.56 Å². The number of nitrogen functional groups attached to an aromatic ring is 1. The van der Waals surface area contributed by atoms with Crippen LogP contribution in [0.15, 0.2) is 11.1 Å². The van der Waals surface area contributed by atoms with Crippen molar-refractivity contribution in [3.8, 4) is 0 Å². The number of hydrogen-bond acceptors (Lipinski definition) is 7. The van der Waals surface area contributed by atoms with Gasteiger partial charge in [0.2, 0.25) is 5.95 Å². The molecule has 4 atom stereocenters. The number of hydrogen-bond donors (Lipinski definition) is 4. The second-order valence-electron chi connectivity index (χ2n) is 5.55. The van der Waals surface area contributed by atoms with Crippen LogP contribution in [0.3, 0.4) is 0 Å². The first kappa shape index (κ1) is 12.7. The third-order valence-electron chi connectivity index (χ3n) is 4.50. The predicted octanol–water partition coefficient (Wildman–Crippen LogP) is -1.29. The van der Waals surface area contributed by atoms with Gasteiger partial charge in [-0.2, -0.15) is 4.98 Å². The first-order valence-electron chi connectivity index (χ1n) is 6.87. The minimum absolute atomic E-state index is 0.0242. The number of rotatable bonds is 2. The first-order chi connectivity index (χ1) is 10.1. The molecule has 4 heterocycles. The maximum atomic E-state index is 11.8. The minimum Gasteiger partial charge on any atom is -0.388 e. The van der Waals surface area contributed by atoms with E-state index in [0.29, 0.717) is 18.6 Å². The molecule has 2 fully saturated rings. The van der Waals surface area contributed by atoms with Gasteiger partial charge in [-0.25, -0.2) is 4.98 Å². The number of aromatic nitrogens is 4. The number of fused-ring (bicyclic) bond motifs is 3. The molecule has 9 heteroatoms. The lowest BCUT2D eigenvalue weighted by Crippen LogP contribution is -2.42. The molecular formula is C12H16N6O3. The van der Waals surface area contributed by atoms with E-state index in [-0.39, 0.29) is 17.5 Å². The van der Waals surface area contributed by atoms with Gasteiger partial charge in [-0.05, 0) is 6.42 Å². The van der Waals surface area contributed by atoms with Gasteiger partial charge in [0, 0.05) is 6.54 Å². The Labute approximate surface area is 119 Å². The fourth-order valence-electron chi connectivity index (χ4n) is 3.29. The fourth-order valence-corrected chi connectivity index (χ4v) is 3.29. The topological polar surface area (TPSA) is 131 Å². The molecule has 4 rings (SSSR count). The van der Waals surface area contributed by atoms with Gasteiger partial charge in [-0.15, -0.1) is 0 Å². The van der Waals surface area contributed by atoms with Crippen LogP contribution < -0.4 is 16.6 Å². The predicted molar refractivity (Wildman–Crippen MR) is 73.5 cm³/mol. The SMILES string of the molecule is CC[C@@]12CN[C@@H]([C@H](n3cnc4c(=O)[nH]c(N)nc43)O1)[C@@H]2O. The molecule has 0 aliphatic carbocycles. The molecule has 0 radical (unpaired) electrons. The average Bonchev–Trinajstić information content (AvgIpc) is 3.09. The van der Waals surface area contributed by atoms with Crippen molar-refractivity contribution in [2.75, 3.05) is 12.3 Å². The van der Waals surface area contributed by atoms with Gasteiger partial charge in [0.05, 0.1) is 12.4 Å². The maximum absolute atomic E-state index is 11.8. The summed E-state index contributed by atoms with van der Waals surface area (Å²) in [4.78, 5) is 22.4. The Kier molecular flexibility index (Phi) is 2.44. The lowest BCUT2D eigenvalue weighted by molar-refractivity contribution is -0.109. The number of H-pyrrole nitrogens is 1. The Bertz CT molecular complexity index is 770. The van der Waals surface area contributed by atoms with Crippen molar-refractivity contribution in [3.63, 3.8) is 0 Å². The number of imidazole rings is 1. The highest BCUT2D eigenvalue weighted by Crippen LogP contribution is 2.43. The van der Waals surface area contributed by atoms with Gasteiger partial charge >= 0.3 is 0 Å². The van der Waals surface area contributed by atoms with E-state index in [2.05, 4.69) is 20.3 Å². The van der Waals surface area contributed by atoms with E-state index < -0.39 is 23.5 Å². The molecule has 0 spiro atoms. The van der Waals surface area contributed by atoms with Gasteiger partial charge in [-0.1, -0.05) is 6.92 Å². The largest absolute Gasteiger partial charge is 0.388 e. The summed E-state index contributed by atoms with van der Waals surface area (Å²) in [6.07, 6.45) is 1.11. The molecule has 0 amide bonds. The number of aromatic amines is 1. The van der Waals surface area contributed by atoms with Crippen LogP contribution in [0.25, 0.3) is 11.2 Å². The van der Waals surface area contributed by atoms with E-state index in [1.54, 1.807) is 4.57 Å². The van der Waals surface area contributed by atoms with E-state index in [4.69, 9.17) is 10.5 Å². The number of ether oxygens (including phenoxy) is 1. The summed E-state index contributed by atoms with van der Waals surface area (Å²) in [5, 5.41) is 13.7. The number of aliphatic hydroxyl groups is 1. The van der Waals surface area contributed by atoms with Crippen molar-refractivity contribution >= 4 is 17.1 Å². The molecule has 2 aliphatic heterocycles. The lowest BCUT2D eigenvalue weighted by atomic mass is 9.96. The van der Waals surface area contributed by atoms with E-state index >= 15 is 0 Å². The van der Waals surface area contributed by atoms with E-state index in [1.165, 1.54) is 6.33 Å². The quantitative estimate of drug-likeness (QED) is 0.541. The molecule has 0 unspecified atom stereocenters. The average molecular weight is 292 g/mol. The standard InChI is InChI=1S/C12H16N6O3/c1-2-12-3-14-5(7(12)19)10(21-12)18-4-15-6-8(18)16-11(13)17-9(6)20/h4-5,7,10,14,19H,2-3H2,1H3,(H3,13,16,17,20)/t5-,7+,10-,12+/m1/s1. The van der Waals surface area contributed by atoms with Gasteiger partial charge in [0.1, 0.15) is 11.7 Å². The normalized spacial score (nSPS) is 34.9. The number of aliphatic hydroxyl groups excluding tert-OH is 1. The molecule has 0 saturated carbocycles. The van der Waals surface area contributed by atoms with E-state index in [9.17, 15) is 9.90 Å². The summed E-state index contributed by atoms with van der Waals surface area (Å²) in [6, 6.07) is -0.260. The minimum atomic E-state index is -0.607. The molecule has 2 aromatic heterocycles. The molecule has 5 N–H and O–H groups in total. The maximum Gasteiger partial charge on any atom is 0.280 e. The number of morpholine rings is 1. The Morgan fingerprint density at radius 2 is 2.48 bits per heavy atom. The summed E-state index contributed by atoms with van der Waals surface area (Å²) in [7, 11) is 0. The van der Waals surface area contributed by atoms with Crippen LogP contribution in [-0.2, 0) is 4.74 Å². The summed E-state index contributed by atoms with van der Waals surface area (Å²) in [6.45, 7) is 2.58. The van der Waals surface area contributed by atoms with Crippen LogP contribution in [0.4, 0.5) is 5.95 Å². The zero-order valence-electron chi connectivity index (χ0n) is 11.4. The highest BCUT2D eigenvalue weighted by atomic mass is 16.6. The Morgan fingerprint density at radius 3 is 3.19 bits per heavy atom. The second-order valence-corrected chi connectivity index (χ2v) is 5.55. The van der Waals surface area contributed by atoms with E-state index in [0.717, 1.165) is 0 Å². The third-order valence-corrected chi connectivity index (χ3v) is 4.50. The van der Waals surface area contributed by atoms with Crippen molar-refractivity contribution in [1.29, 1.82) is 0 Å².